The second-order valence-electron chi connectivity index (χ2n) is 4.17. The molecule has 1 aliphatic heterocycles. The molecule has 0 saturated carbocycles. The lowest BCUT2D eigenvalue weighted by Gasteiger charge is -2.23. The molecule has 0 bridgehead atoms. The number of hydrogen-bond donors (Lipinski definition) is 3. The summed E-state index contributed by atoms with van der Waals surface area (Å²) in [7, 11) is 0. The first kappa shape index (κ1) is 12.5. The van der Waals surface area contributed by atoms with Crippen molar-refractivity contribution in [3.63, 3.8) is 0 Å². The Bertz CT molecular complexity index is 506. The Morgan fingerprint density at radius 2 is 2.39 bits per heavy atom. The molecule has 1 aliphatic rings. The normalized spacial score (nSPS) is 22.8. The van der Waals surface area contributed by atoms with Crippen LogP contribution >= 0.6 is 0 Å². The van der Waals surface area contributed by atoms with E-state index in [1.807, 2.05) is 30.4 Å². The topological polar surface area (TPSA) is 71.2 Å². The van der Waals surface area contributed by atoms with Crippen LogP contribution in [0.5, 0.6) is 0 Å². The molecule has 18 heavy (non-hydrogen) atoms. The van der Waals surface area contributed by atoms with Crippen LogP contribution in [-0.4, -0.2) is 22.9 Å². The fourth-order valence-corrected chi connectivity index (χ4v) is 1.84. The van der Waals surface area contributed by atoms with Crippen molar-refractivity contribution in [2.45, 2.75) is 12.6 Å². The van der Waals surface area contributed by atoms with Gasteiger partial charge in [-0.1, -0.05) is 24.8 Å². The number of nitrogens with two attached hydrogens (primary N) is 1. The summed E-state index contributed by atoms with van der Waals surface area (Å²) in [5.74, 6) is 0.494. The number of nitrogens with zero attached hydrogens (tertiary/aromatic N) is 1. The predicted molar refractivity (Wildman–Crippen MR) is 73.5 cm³/mol. The second kappa shape index (κ2) is 5.62. The summed E-state index contributed by atoms with van der Waals surface area (Å²) in [6, 6.07) is 3.72. The van der Waals surface area contributed by atoms with Crippen LogP contribution in [0, 0.1) is 0 Å². The average Bonchev–Trinajstić information content (AvgIpc) is 2.35. The van der Waals surface area contributed by atoms with Crippen LogP contribution in [0.4, 0.5) is 5.82 Å². The van der Waals surface area contributed by atoms with Gasteiger partial charge < -0.3 is 10.8 Å². The van der Waals surface area contributed by atoms with Crippen LogP contribution in [0.15, 0.2) is 48.2 Å². The number of nitrogens with one attached hydrogen (secondary N) is 1. The zero-order chi connectivity index (χ0) is 13.0. The fourth-order valence-electron chi connectivity index (χ4n) is 1.84. The van der Waals surface area contributed by atoms with Crippen molar-refractivity contribution in [1.82, 2.24) is 10.3 Å². The lowest BCUT2D eigenvalue weighted by atomic mass is 9.99. The summed E-state index contributed by atoms with van der Waals surface area (Å²) in [5.41, 5.74) is 8.37. The van der Waals surface area contributed by atoms with Gasteiger partial charge in [0.05, 0.1) is 0 Å². The highest BCUT2D eigenvalue weighted by Gasteiger charge is 2.17. The van der Waals surface area contributed by atoms with Gasteiger partial charge in [0.25, 0.3) is 0 Å². The predicted octanol–water partition coefficient (Wildman–Crippen LogP) is 1.47. The van der Waals surface area contributed by atoms with Crippen LogP contribution in [0.2, 0.25) is 0 Å². The average molecular weight is 243 g/mol. The fraction of sp³-hybridized carbons (Fsp3) is 0.214. The highest BCUT2D eigenvalue weighted by Crippen LogP contribution is 2.19. The second-order valence-corrected chi connectivity index (χ2v) is 4.17. The van der Waals surface area contributed by atoms with E-state index >= 15 is 0 Å². The van der Waals surface area contributed by atoms with Crippen LogP contribution in [0.3, 0.4) is 0 Å². The molecule has 0 aromatic carbocycles. The summed E-state index contributed by atoms with van der Waals surface area (Å²) in [5, 5.41) is 12.8. The smallest absolute Gasteiger partial charge is 0.131 e. The van der Waals surface area contributed by atoms with E-state index in [4.69, 9.17) is 5.73 Å². The van der Waals surface area contributed by atoms with Gasteiger partial charge in [-0.25, -0.2) is 4.98 Å². The van der Waals surface area contributed by atoms with Crippen molar-refractivity contribution in [1.29, 1.82) is 0 Å². The summed E-state index contributed by atoms with van der Waals surface area (Å²) in [4.78, 5) is 4.00. The van der Waals surface area contributed by atoms with E-state index in [2.05, 4.69) is 16.9 Å². The van der Waals surface area contributed by atoms with Crippen molar-refractivity contribution in [3.05, 3.63) is 53.8 Å². The summed E-state index contributed by atoms with van der Waals surface area (Å²) >= 11 is 0. The summed E-state index contributed by atoms with van der Waals surface area (Å²) < 4.78 is 0. The number of hydrogen-bond acceptors (Lipinski definition) is 4. The van der Waals surface area contributed by atoms with E-state index in [9.17, 15) is 5.11 Å². The third kappa shape index (κ3) is 2.85. The van der Waals surface area contributed by atoms with Crippen LogP contribution in [0.25, 0.3) is 6.08 Å². The Kier molecular flexibility index (Phi) is 3.92. The highest BCUT2D eigenvalue weighted by molar-refractivity contribution is 5.62. The van der Waals surface area contributed by atoms with Crippen molar-refractivity contribution in [3.8, 4) is 0 Å². The first-order valence-corrected chi connectivity index (χ1v) is 5.87. The maximum atomic E-state index is 9.78. The van der Waals surface area contributed by atoms with Crippen LogP contribution < -0.4 is 11.1 Å². The molecule has 0 aliphatic carbocycles. The molecule has 4 heteroatoms. The van der Waals surface area contributed by atoms with Crippen LogP contribution in [0.1, 0.15) is 12.0 Å². The standard InChI is InChI=1S/C14H17N3O/c1-10-7-9-17-14(18)12(10)6-2-4-11-5-3-8-16-13(11)15/h2-6,8,14,17-18H,1,7,9H2,(H2,15,16)/b4-2+,12-6+. The Labute approximate surface area is 107 Å². The molecule has 0 amide bonds. The number of aliphatic hydroxyl groups excluding tert-OH is 1. The molecule has 1 aromatic heterocycles. The molecular formula is C14H17N3O. The molecule has 94 valence electrons. The van der Waals surface area contributed by atoms with E-state index < -0.39 is 6.23 Å². The molecule has 0 spiro atoms. The monoisotopic (exact) mass is 243 g/mol. The highest BCUT2D eigenvalue weighted by atomic mass is 16.3. The van der Waals surface area contributed by atoms with Gasteiger partial charge in [-0.2, -0.15) is 0 Å². The van der Waals surface area contributed by atoms with Gasteiger partial charge in [0.2, 0.25) is 0 Å². The minimum Gasteiger partial charge on any atom is -0.383 e. The minimum absolute atomic E-state index is 0.494. The molecule has 1 fully saturated rings. The van der Waals surface area contributed by atoms with Gasteiger partial charge in [0.15, 0.2) is 0 Å². The van der Waals surface area contributed by atoms with E-state index in [0.717, 1.165) is 29.7 Å². The molecule has 2 heterocycles. The number of rotatable bonds is 2. The zero-order valence-electron chi connectivity index (χ0n) is 10.1. The lowest BCUT2D eigenvalue weighted by Crippen LogP contribution is -2.36. The number of anilines is 1. The minimum atomic E-state index is -0.637. The van der Waals surface area contributed by atoms with Gasteiger partial charge >= 0.3 is 0 Å². The third-order valence-corrected chi connectivity index (χ3v) is 2.89. The third-order valence-electron chi connectivity index (χ3n) is 2.89. The van der Waals surface area contributed by atoms with Crippen molar-refractivity contribution < 1.29 is 5.11 Å². The number of piperidine rings is 1. The molecular weight excluding hydrogens is 226 g/mol. The first-order valence-electron chi connectivity index (χ1n) is 5.87. The molecule has 4 nitrogen and oxygen atoms in total. The van der Waals surface area contributed by atoms with Crippen LogP contribution in [-0.2, 0) is 0 Å². The van der Waals surface area contributed by atoms with Crippen molar-refractivity contribution >= 4 is 11.9 Å². The Balaban J connectivity index is 2.14. The number of nitrogen functional groups attached to an aromatic ring is 1. The van der Waals surface area contributed by atoms with Crippen molar-refractivity contribution in [2.75, 3.05) is 12.3 Å². The molecule has 1 saturated heterocycles. The molecule has 0 radical (unpaired) electrons. The SMILES string of the molecule is C=C1CCNC(O)/C1=C/C=C/c1cccnc1N. The zero-order valence-corrected chi connectivity index (χ0v) is 10.1. The number of aliphatic hydroxyl groups is 1. The molecule has 1 unspecified atom stereocenters. The van der Waals surface area contributed by atoms with Gasteiger partial charge in [0.1, 0.15) is 12.0 Å². The Hall–Kier alpha value is -1.91. The molecule has 4 N–H and O–H groups in total. The van der Waals surface area contributed by atoms with E-state index in [1.165, 1.54) is 0 Å². The van der Waals surface area contributed by atoms with Crippen molar-refractivity contribution in [2.24, 2.45) is 0 Å². The molecule has 1 aromatic rings. The van der Waals surface area contributed by atoms with E-state index in [0.29, 0.717) is 5.82 Å². The van der Waals surface area contributed by atoms with Gasteiger partial charge in [0, 0.05) is 18.3 Å². The van der Waals surface area contributed by atoms with Gasteiger partial charge in [-0.05, 0) is 29.7 Å². The largest absolute Gasteiger partial charge is 0.383 e. The Morgan fingerprint density at radius 1 is 1.56 bits per heavy atom. The van der Waals surface area contributed by atoms with E-state index in [1.54, 1.807) is 6.20 Å². The lowest BCUT2D eigenvalue weighted by molar-refractivity contribution is 0.167. The first-order chi connectivity index (χ1) is 8.68. The summed E-state index contributed by atoms with van der Waals surface area (Å²) in [6.45, 7) is 4.71. The van der Waals surface area contributed by atoms with E-state index in [-0.39, 0.29) is 0 Å². The summed E-state index contributed by atoms with van der Waals surface area (Å²) in [6.07, 6.45) is 7.44. The maximum Gasteiger partial charge on any atom is 0.131 e. The molecule has 1 atom stereocenters. The van der Waals surface area contributed by atoms with Gasteiger partial charge in [-0.3, -0.25) is 5.32 Å². The number of allylic oxidation sites excluding steroid dienone is 2. The number of aromatic nitrogens is 1. The number of pyridine rings is 1. The quantitative estimate of drug-likeness (QED) is 0.735. The maximum absolute atomic E-state index is 9.78. The molecule has 2 rings (SSSR count). The van der Waals surface area contributed by atoms with Gasteiger partial charge in [-0.15, -0.1) is 0 Å². The Morgan fingerprint density at radius 3 is 3.11 bits per heavy atom.